The molecule has 43 heavy (non-hydrogen) atoms. The number of aliphatic imine (C=N–C) groups is 1. The number of ether oxygens (including phenoxy) is 1. The lowest BCUT2D eigenvalue weighted by atomic mass is 10.0. The molecule has 0 bridgehead atoms. The van der Waals surface area contributed by atoms with Crippen LogP contribution in [0.5, 0.6) is 5.75 Å². The smallest absolute Gasteiger partial charge is 0.406 e. The summed E-state index contributed by atoms with van der Waals surface area (Å²) in [5.74, 6) is 0.571. The van der Waals surface area contributed by atoms with E-state index >= 15 is 0 Å². The normalized spacial score (nSPS) is 14.4. The highest BCUT2D eigenvalue weighted by molar-refractivity contribution is 8.15. The van der Waals surface area contributed by atoms with Crippen molar-refractivity contribution in [3.05, 3.63) is 78.4 Å². The summed E-state index contributed by atoms with van der Waals surface area (Å²) in [4.78, 5) is 35.6. The largest absolute Gasteiger partial charge is 0.573 e. The van der Waals surface area contributed by atoms with Crippen molar-refractivity contribution in [3.63, 3.8) is 0 Å². The van der Waals surface area contributed by atoms with Crippen molar-refractivity contribution in [3.8, 4) is 22.8 Å². The summed E-state index contributed by atoms with van der Waals surface area (Å²) in [6, 6.07) is 18.9. The average molecular weight is 610 g/mol. The number of amidine groups is 1. The number of carbonyl (C=O) groups excluding carboxylic acids is 2. The zero-order valence-corrected chi connectivity index (χ0v) is 24.0. The average Bonchev–Trinajstić information content (AvgIpc) is 3.56. The summed E-state index contributed by atoms with van der Waals surface area (Å²) in [6.07, 6.45) is -4.79. The molecule has 0 saturated carbocycles. The molecule has 2 N–H and O–H groups in total. The number of carbonyl (C=O) groups is 2. The number of hydrogen-bond acceptors (Lipinski definition) is 7. The van der Waals surface area contributed by atoms with Crippen LogP contribution in [-0.2, 0) is 4.79 Å². The maximum Gasteiger partial charge on any atom is 0.573 e. The summed E-state index contributed by atoms with van der Waals surface area (Å²) >= 11 is 1.20. The number of urea groups is 1. The molecule has 5 rings (SSSR count). The molecule has 1 fully saturated rings. The van der Waals surface area contributed by atoms with Crippen LogP contribution in [-0.4, -0.2) is 51.0 Å². The second kappa shape index (κ2) is 12.2. The molecule has 10 nitrogen and oxygen atoms in total. The Balaban J connectivity index is 1.31. The summed E-state index contributed by atoms with van der Waals surface area (Å²) in [5.41, 5.74) is 3.25. The monoisotopic (exact) mass is 609 g/mol. The lowest BCUT2D eigenvalue weighted by molar-refractivity contribution is -0.274. The molecule has 0 spiro atoms. The van der Waals surface area contributed by atoms with Gasteiger partial charge in [-0.3, -0.25) is 9.69 Å². The molecule has 14 heteroatoms. The van der Waals surface area contributed by atoms with Crippen molar-refractivity contribution >= 4 is 46.2 Å². The number of alkyl halides is 3. The van der Waals surface area contributed by atoms with E-state index in [1.54, 1.807) is 31.3 Å². The fourth-order valence-electron chi connectivity index (χ4n) is 4.37. The molecule has 1 aliphatic rings. The predicted octanol–water partition coefficient (Wildman–Crippen LogP) is 6.67. The van der Waals surface area contributed by atoms with Gasteiger partial charge in [0.05, 0.1) is 17.1 Å². The number of benzene rings is 3. The minimum atomic E-state index is -4.79. The van der Waals surface area contributed by atoms with E-state index in [-0.39, 0.29) is 23.3 Å². The molecule has 222 valence electrons. The van der Waals surface area contributed by atoms with Gasteiger partial charge in [-0.05, 0) is 66.1 Å². The summed E-state index contributed by atoms with van der Waals surface area (Å²) < 4.78 is 42.8. The van der Waals surface area contributed by atoms with Crippen LogP contribution in [0, 0.1) is 0 Å². The van der Waals surface area contributed by atoms with E-state index in [1.165, 1.54) is 45.6 Å². The first-order valence-electron chi connectivity index (χ1n) is 13.1. The number of thioether (sulfide) groups is 1. The highest BCUT2D eigenvalue weighted by Crippen LogP contribution is 2.33. The van der Waals surface area contributed by atoms with Gasteiger partial charge in [-0.25, -0.2) is 4.79 Å². The van der Waals surface area contributed by atoms with Crippen molar-refractivity contribution in [2.75, 3.05) is 28.3 Å². The van der Waals surface area contributed by atoms with Crippen LogP contribution in [0.25, 0.3) is 17.1 Å². The van der Waals surface area contributed by atoms with Crippen molar-refractivity contribution in [2.24, 2.45) is 4.99 Å². The zero-order valence-electron chi connectivity index (χ0n) is 23.2. The molecule has 3 aromatic carbocycles. The lowest BCUT2D eigenvalue weighted by Gasteiger charge is -2.21. The van der Waals surface area contributed by atoms with E-state index in [9.17, 15) is 22.8 Å². The highest BCUT2D eigenvalue weighted by atomic mass is 32.2. The minimum Gasteiger partial charge on any atom is -0.406 e. The molecule has 2 heterocycles. The van der Waals surface area contributed by atoms with Gasteiger partial charge >= 0.3 is 12.4 Å². The summed E-state index contributed by atoms with van der Waals surface area (Å²) in [5, 5.41) is 10.4. The second-order valence-corrected chi connectivity index (χ2v) is 10.5. The molecule has 1 aliphatic heterocycles. The van der Waals surface area contributed by atoms with Crippen molar-refractivity contribution < 1.29 is 27.5 Å². The molecule has 1 aromatic heterocycles. The van der Waals surface area contributed by atoms with Crippen LogP contribution in [0.2, 0.25) is 0 Å². The molecule has 3 amide bonds. The van der Waals surface area contributed by atoms with Crippen LogP contribution in [0.4, 0.5) is 35.3 Å². The van der Waals surface area contributed by atoms with Gasteiger partial charge in [0.2, 0.25) is 11.9 Å². The zero-order chi connectivity index (χ0) is 30.7. The Bertz CT molecular complexity index is 1670. The number of halogens is 3. The third-order valence-electron chi connectivity index (χ3n) is 6.30. The topological polar surface area (TPSA) is 114 Å². The number of aromatic nitrogens is 3. The Morgan fingerprint density at radius 3 is 2.40 bits per heavy atom. The number of anilines is 3. The summed E-state index contributed by atoms with van der Waals surface area (Å²) in [7, 11) is 1.64. The van der Waals surface area contributed by atoms with Gasteiger partial charge in [-0.2, -0.15) is 14.7 Å². The molecule has 0 atom stereocenters. The Kier molecular flexibility index (Phi) is 8.39. The number of hydrogen-bond donors (Lipinski definition) is 2. The third kappa shape index (κ3) is 6.80. The number of nitrogens with zero attached hydrogens (tertiary/aromatic N) is 5. The molecule has 1 saturated heterocycles. The standard InChI is InChI=1S/C29H26F3N7O3S/c1-17(2)22-6-4-5-7-23(22)38-24(40)16-43-28(38)36-27(41)34-19-10-8-18(9-11-19)25-35-26(33-3)39(37-25)20-12-14-21(15-13-20)42-29(30,31)32/h4-15,17H,16H2,1-3H3,(H,34,41)(H,33,35,37). The van der Waals surface area contributed by atoms with Crippen LogP contribution in [0.3, 0.4) is 0 Å². The first-order valence-corrected chi connectivity index (χ1v) is 14.1. The van der Waals surface area contributed by atoms with Gasteiger partial charge in [0.25, 0.3) is 0 Å². The van der Waals surface area contributed by atoms with Gasteiger partial charge < -0.3 is 15.4 Å². The van der Waals surface area contributed by atoms with Crippen molar-refractivity contribution in [1.82, 2.24) is 14.8 Å². The number of amides is 3. The number of nitrogens with one attached hydrogen (secondary N) is 2. The molecule has 0 radical (unpaired) electrons. The minimum absolute atomic E-state index is 0.146. The summed E-state index contributed by atoms with van der Waals surface area (Å²) in [6.45, 7) is 4.07. The fourth-order valence-corrected chi connectivity index (χ4v) is 5.23. The van der Waals surface area contributed by atoms with Crippen molar-refractivity contribution in [2.45, 2.75) is 26.1 Å². The van der Waals surface area contributed by atoms with Crippen molar-refractivity contribution in [1.29, 1.82) is 0 Å². The third-order valence-corrected chi connectivity index (χ3v) is 7.23. The molecule has 4 aromatic rings. The van der Waals surface area contributed by atoms with E-state index in [2.05, 4.69) is 30.4 Å². The molecular formula is C29H26F3N7O3S. The molecule has 0 unspecified atom stereocenters. The maximum atomic E-state index is 12.8. The van der Waals surface area contributed by atoms with Gasteiger partial charge in [0.1, 0.15) is 5.75 Å². The van der Waals surface area contributed by atoms with E-state index in [0.29, 0.717) is 39.6 Å². The highest BCUT2D eigenvalue weighted by Gasteiger charge is 2.32. The van der Waals surface area contributed by atoms with Gasteiger partial charge in [-0.1, -0.05) is 43.8 Å². The van der Waals surface area contributed by atoms with E-state index < -0.39 is 12.4 Å². The van der Waals surface area contributed by atoms with Gasteiger partial charge in [0, 0.05) is 18.3 Å². The predicted molar refractivity (Wildman–Crippen MR) is 160 cm³/mol. The van der Waals surface area contributed by atoms with E-state index in [0.717, 1.165) is 5.56 Å². The van der Waals surface area contributed by atoms with Crippen LogP contribution >= 0.6 is 11.8 Å². The second-order valence-electron chi connectivity index (χ2n) is 9.60. The first-order chi connectivity index (χ1) is 20.5. The SMILES string of the molecule is CNc1nc(-c2ccc(NC(=O)N=C3SCC(=O)N3c3ccccc3C(C)C)cc2)nn1-c1ccc(OC(F)(F)F)cc1. The van der Waals surface area contributed by atoms with Crippen LogP contribution in [0.1, 0.15) is 25.3 Å². The van der Waals surface area contributed by atoms with Crippen LogP contribution < -0.4 is 20.3 Å². The van der Waals surface area contributed by atoms with Gasteiger partial charge in [-0.15, -0.1) is 18.3 Å². The van der Waals surface area contributed by atoms with Crippen LogP contribution in [0.15, 0.2) is 77.8 Å². The molecular weight excluding hydrogens is 583 g/mol. The lowest BCUT2D eigenvalue weighted by Crippen LogP contribution is -2.31. The Morgan fingerprint density at radius 2 is 1.74 bits per heavy atom. The number of rotatable bonds is 7. The van der Waals surface area contributed by atoms with E-state index in [4.69, 9.17) is 0 Å². The first kappa shape index (κ1) is 29.6. The Labute approximate surface area is 249 Å². The Hall–Kier alpha value is -4.85. The van der Waals surface area contributed by atoms with Gasteiger partial charge in [0.15, 0.2) is 11.0 Å². The number of para-hydroxylation sites is 1. The fraction of sp³-hybridized carbons (Fsp3) is 0.207. The van der Waals surface area contributed by atoms with E-state index in [1.807, 2.05) is 38.1 Å². The Morgan fingerprint density at radius 1 is 1.05 bits per heavy atom. The maximum absolute atomic E-state index is 12.8. The quantitative estimate of drug-likeness (QED) is 0.241. The molecule has 0 aliphatic carbocycles.